The van der Waals surface area contributed by atoms with Gasteiger partial charge in [-0.1, -0.05) is 0 Å². The summed E-state index contributed by atoms with van der Waals surface area (Å²) in [4.78, 5) is 0. The van der Waals surface area contributed by atoms with Gasteiger partial charge in [0, 0.05) is 41.3 Å². The zero-order chi connectivity index (χ0) is 15.7. The van der Waals surface area contributed by atoms with Crippen LogP contribution in [0.15, 0.2) is 12.1 Å². The Hall–Kier alpha value is -0.660. The number of benzene rings is 1. The number of halogens is 1. The first-order chi connectivity index (χ1) is 10.6. The smallest absolute Gasteiger partial charge is 0.0699 e. The maximum Gasteiger partial charge on any atom is 0.0699 e. The summed E-state index contributed by atoms with van der Waals surface area (Å²) in [6.07, 6.45) is 3.62. The van der Waals surface area contributed by atoms with Gasteiger partial charge in [-0.05, 0) is 73.4 Å². The molecule has 4 nitrogen and oxygen atoms in total. The first-order valence-corrected chi connectivity index (χ1v) is 9.09. The number of methoxy groups -OCH3 is 1. The SMILES string of the molecule is COCCCn1nc(C)c2c(I)cc(C(C)NC3CC3)cc21. The predicted octanol–water partition coefficient (Wildman–Crippen LogP) is 3.80. The monoisotopic (exact) mass is 413 g/mol. The minimum absolute atomic E-state index is 0.396. The zero-order valence-corrected chi connectivity index (χ0v) is 15.7. The lowest BCUT2D eigenvalue weighted by molar-refractivity contribution is 0.189. The molecule has 5 heteroatoms. The average molecular weight is 413 g/mol. The molecule has 1 aromatic heterocycles. The fourth-order valence-electron chi connectivity index (χ4n) is 2.94. The molecule has 1 aliphatic carbocycles. The Morgan fingerprint density at radius 1 is 1.45 bits per heavy atom. The van der Waals surface area contributed by atoms with Gasteiger partial charge in [-0.2, -0.15) is 5.10 Å². The predicted molar refractivity (Wildman–Crippen MR) is 98.3 cm³/mol. The highest BCUT2D eigenvalue weighted by atomic mass is 127. The van der Waals surface area contributed by atoms with E-state index in [1.54, 1.807) is 7.11 Å². The van der Waals surface area contributed by atoms with Crippen molar-refractivity contribution in [2.45, 2.75) is 51.7 Å². The van der Waals surface area contributed by atoms with Crippen LogP contribution in [0.5, 0.6) is 0 Å². The summed E-state index contributed by atoms with van der Waals surface area (Å²) in [5.74, 6) is 0. The third kappa shape index (κ3) is 3.46. The molecule has 1 N–H and O–H groups in total. The molecular weight excluding hydrogens is 389 g/mol. The van der Waals surface area contributed by atoms with E-state index in [0.717, 1.165) is 31.3 Å². The molecule has 0 radical (unpaired) electrons. The molecule has 1 heterocycles. The van der Waals surface area contributed by atoms with Gasteiger partial charge in [0.1, 0.15) is 0 Å². The van der Waals surface area contributed by atoms with Crippen molar-refractivity contribution in [2.24, 2.45) is 0 Å². The summed E-state index contributed by atoms with van der Waals surface area (Å²) in [6, 6.07) is 5.73. The van der Waals surface area contributed by atoms with Gasteiger partial charge in [-0.3, -0.25) is 4.68 Å². The van der Waals surface area contributed by atoms with Crippen molar-refractivity contribution in [2.75, 3.05) is 13.7 Å². The fourth-order valence-corrected chi connectivity index (χ4v) is 3.96. The number of hydrogen-bond acceptors (Lipinski definition) is 3. The number of aryl methyl sites for hydroxylation is 2. The lowest BCUT2D eigenvalue weighted by atomic mass is 10.1. The highest BCUT2D eigenvalue weighted by Crippen LogP contribution is 2.30. The third-order valence-corrected chi connectivity index (χ3v) is 5.13. The fraction of sp³-hybridized carbons (Fsp3) is 0.588. The second kappa shape index (κ2) is 6.84. The lowest BCUT2D eigenvalue weighted by Crippen LogP contribution is -2.20. The Kier molecular flexibility index (Phi) is 5.04. The van der Waals surface area contributed by atoms with Crippen molar-refractivity contribution < 1.29 is 4.74 Å². The number of aromatic nitrogens is 2. The van der Waals surface area contributed by atoms with Crippen molar-refractivity contribution in [3.05, 3.63) is 27.0 Å². The van der Waals surface area contributed by atoms with Gasteiger partial charge in [0.05, 0.1) is 11.2 Å². The van der Waals surface area contributed by atoms with Gasteiger partial charge in [-0.15, -0.1) is 0 Å². The van der Waals surface area contributed by atoms with Crippen LogP contribution in [0.25, 0.3) is 10.9 Å². The Balaban J connectivity index is 1.92. The first kappa shape index (κ1) is 16.2. The van der Waals surface area contributed by atoms with Gasteiger partial charge in [0.25, 0.3) is 0 Å². The van der Waals surface area contributed by atoms with Gasteiger partial charge >= 0.3 is 0 Å². The van der Waals surface area contributed by atoms with Crippen LogP contribution in [0, 0.1) is 10.5 Å². The molecule has 3 rings (SSSR count). The van der Waals surface area contributed by atoms with Crippen LogP contribution in [0.1, 0.15) is 43.5 Å². The number of hydrogen-bond donors (Lipinski definition) is 1. The van der Waals surface area contributed by atoms with Crippen LogP contribution < -0.4 is 5.32 Å². The van der Waals surface area contributed by atoms with E-state index in [4.69, 9.17) is 9.84 Å². The standard InChI is InChI=1S/C17H24IN3O/c1-11(19-14-5-6-14)13-9-15(18)17-12(2)20-21(16(17)10-13)7-4-8-22-3/h9-11,14,19H,4-8H2,1-3H3. The van der Waals surface area contributed by atoms with E-state index in [2.05, 4.69) is 58.6 Å². The molecule has 0 amide bonds. The summed E-state index contributed by atoms with van der Waals surface area (Å²) >= 11 is 2.44. The van der Waals surface area contributed by atoms with Crippen LogP contribution >= 0.6 is 22.6 Å². The summed E-state index contributed by atoms with van der Waals surface area (Å²) in [5.41, 5.74) is 3.72. The lowest BCUT2D eigenvalue weighted by Gasteiger charge is -2.15. The van der Waals surface area contributed by atoms with Crippen LogP contribution in [-0.4, -0.2) is 29.5 Å². The molecule has 0 bridgehead atoms. The minimum Gasteiger partial charge on any atom is -0.385 e. The van der Waals surface area contributed by atoms with E-state index in [-0.39, 0.29) is 0 Å². The number of fused-ring (bicyclic) bond motifs is 1. The second-order valence-electron chi connectivity index (χ2n) is 6.21. The summed E-state index contributed by atoms with van der Waals surface area (Å²) in [7, 11) is 1.75. The van der Waals surface area contributed by atoms with Gasteiger partial charge in [0.2, 0.25) is 0 Å². The number of nitrogens with one attached hydrogen (secondary N) is 1. The third-order valence-electron chi connectivity index (χ3n) is 4.28. The Morgan fingerprint density at radius 2 is 2.23 bits per heavy atom. The molecule has 120 valence electrons. The molecule has 22 heavy (non-hydrogen) atoms. The van der Waals surface area contributed by atoms with Gasteiger partial charge in [-0.25, -0.2) is 0 Å². The van der Waals surface area contributed by atoms with Gasteiger partial charge < -0.3 is 10.1 Å². The van der Waals surface area contributed by atoms with E-state index < -0.39 is 0 Å². The average Bonchev–Trinajstić information content (AvgIpc) is 3.23. The summed E-state index contributed by atoms with van der Waals surface area (Å²) < 4.78 is 8.60. The molecule has 1 aromatic carbocycles. The Bertz CT molecular complexity index is 663. The van der Waals surface area contributed by atoms with Crippen molar-refractivity contribution in [1.82, 2.24) is 15.1 Å². The quantitative estimate of drug-likeness (QED) is 0.555. The van der Waals surface area contributed by atoms with Crippen LogP contribution in [0.2, 0.25) is 0 Å². The van der Waals surface area contributed by atoms with E-state index in [1.807, 2.05) is 0 Å². The van der Waals surface area contributed by atoms with Crippen LogP contribution in [-0.2, 0) is 11.3 Å². The van der Waals surface area contributed by atoms with Crippen molar-refractivity contribution in [3.8, 4) is 0 Å². The largest absolute Gasteiger partial charge is 0.385 e. The van der Waals surface area contributed by atoms with Crippen molar-refractivity contribution in [1.29, 1.82) is 0 Å². The normalized spacial score (nSPS) is 16.4. The van der Waals surface area contributed by atoms with E-state index in [1.165, 1.54) is 32.9 Å². The molecule has 0 spiro atoms. The topological polar surface area (TPSA) is 39.1 Å². The highest BCUT2D eigenvalue weighted by Gasteiger charge is 2.24. The van der Waals surface area contributed by atoms with E-state index in [0.29, 0.717) is 6.04 Å². The number of rotatable bonds is 7. The molecule has 1 fully saturated rings. The number of nitrogens with zero attached hydrogens (tertiary/aromatic N) is 2. The second-order valence-corrected chi connectivity index (χ2v) is 7.38. The first-order valence-electron chi connectivity index (χ1n) is 8.01. The summed E-state index contributed by atoms with van der Waals surface area (Å²) in [6.45, 7) is 6.04. The van der Waals surface area contributed by atoms with Crippen LogP contribution in [0.3, 0.4) is 0 Å². The molecule has 0 saturated heterocycles. The van der Waals surface area contributed by atoms with Crippen molar-refractivity contribution in [3.63, 3.8) is 0 Å². The molecular formula is C17H24IN3O. The highest BCUT2D eigenvalue weighted by molar-refractivity contribution is 14.1. The van der Waals surface area contributed by atoms with E-state index in [9.17, 15) is 0 Å². The van der Waals surface area contributed by atoms with E-state index >= 15 is 0 Å². The summed E-state index contributed by atoms with van der Waals surface area (Å²) in [5, 5.41) is 9.71. The van der Waals surface area contributed by atoms with Crippen LogP contribution in [0.4, 0.5) is 0 Å². The maximum atomic E-state index is 5.17. The molecule has 1 aliphatic rings. The maximum absolute atomic E-state index is 5.17. The minimum atomic E-state index is 0.396. The zero-order valence-electron chi connectivity index (χ0n) is 13.5. The molecule has 1 atom stereocenters. The molecule has 1 saturated carbocycles. The molecule has 2 aromatic rings. The molecule has 0 aliphatic heterocycles. The number of ether oxygens (including phenoxy) is 1. The Morgan fingerprint density at radius 3 is 2.91 bits per heavy atom. The molecule has 1 unspecified atom stereocenters. The Labute approximate surface area is 145 Å². The van der Waals surface area contributed by atoms with Crippen molar-refractivity contribution >= 4 is 33.5 Å². The van der Waals surface area contributed by atoms with Gasteiger partial charge in [0.15, 0.2) is 0 Å².